The summed E-state index contributed by atoms with van der Waals surface area (Å²) < 4.78 is 0. The Labute approximate surface area is 120 Å². The maximum absolute atomic E-state index is 3.89. The van der Waals surface area contributed by atoms with E-state index in [1.165, 1.54) is 32.5 Å². The van der Waals surface area contributed by atoms with Crippen molar-refractivity contribution >= 4 is 0 Å². The topological polar surface area (TPSA) is 18.5 Å². The lowest BCUT2D eigenvalue weighted by Crippen LogP contribution is -2.51. The van der Waals surface area contributed by atoms with Gasteiger partial charge in [-0.25, -0.2) is 0 Å². The number of nitrogens with one attached hydrogen (secondary N) is 1. The van der Waals surface area contributed by atoms with Gasteiger partial charge in [-0.3, -0.25) is 0 Å². The fraction of sp³-hybridized carbons (Fsp3) is 1.00. The summed E-state index contributed by atoms with van der Waals surface area (Å²) in [6, 6.07) is 1.23. The van der Waals surface area contributed by atoms with Crippen LogP contribution in [-0.4, -0.2) is 62.2 Å². The number of rotatable bonds is 7. The van der Waals surface area contributed by atoms with Gasteiger partial charge in [-0.15, -0.1) is 0 Å². The van der Waals surface area contributed by atoms with Crippen molar-refractivity contribution in [2.75, 3.05) is 40.3 Å². The molecular weight excluding hydrogens is 234 g/mol. The molecule has 3 atom stereocenters. The van der Waals surface area contributed by atoms with Gasteiger partial charge in [0.15, 0.2) is 0 Å². The number of nitrogens with zero attached hydrogens (tertiary/aromatic N) is 2. The number of piperidine rings is 1. The maximum atomic E-state index is 3.89. The van der Waals surface area contributed by atoms with Crippen LogP contribution in [0.1, 0.15) is 40.5 Å². The molecule has 0 saturated carbocycles. The van der Waals surface area contributed by atoms with Gasteiger partial charge in [-0.2, -0.15) is 0 Å². The van der Waals surface area contributed by atoms with E-state index < -0.39 is 0 Å². The van der Waals surface area contributed by atoms with Crippen LogP contribution in [0.3, 0.4) is 0 Å². The second kappa shape index (κ2) is 8.23. The lowest BCUT2D eigenvalue weighted by atomic mass is 9.90. The third-order valence-corrected chi connectivity index (χ3v) is 4.54. The minimum atomic E-state index is 0.599. The molecule has 0 spiro atoms. The predicted octanol–water partition coefficient (Wildman–Crippen LogP) is 2.28. The van der Waals surface area contributed by atoms with Gasteiger partial charge in [0.1, 0.15) is 0 Å². The zero-order chi connectivity index (χ0) is 14.4. The first-order valence-corrected chi connectivity index (χ1v) is 8.07. The Morgan fingerprint density at radius 2 is 1.95 bits per heavy atom. The number of hydrogen-bond donors (Lipinski definition) is 1. The minimum Gasteiger partial charge on any atom is -0.310 e. The summed E-state index contributed by atoms with van der Waals surface area (Å²) >= 11 is 0. The zero-order valence-corrected chi connectivity index (χ0v) is 13.9. The largest absolute Gasteiger partial charge is 0.310 e. The van der Waals surface area contributed by atoms with Crippen LogP contribution >= 0.6 is 0 Å². The highest BCUT2D eigenvalue weighted by Gasteiger charge is 2.26. The molecule has 1 fully saturated rings. The van der Waals surface area contributed by atoms with Crippen LogP contribution in [0.15, 0.2) is 0 Å². The zero-order valence-electron chi connectivity index (χ0n) is 13.9. The monoisotopic (exact) mass is 269 g/mol. The van der Waals surface area contributed by atoms with Gasteiger partial charge in [-0.1, -0.05) is 20.8 Å². The van der Waals surface area contributed by atoms with Crippen LogP contribution in [0, 0.1) is 11.8 Å². The van der Waals surface area contributed by atoms with Gasteiger partial charge in [-0.05, 0) is 58.8 Å². The third-order valence-electron chi connectivity index (χ3n) is 4.54. The van der Waals surface area contributed by atoms with Crippen LogP contribution in [0.25, 0.3) is 0 Å². The van der Waals surface area contributed by atoms with Gasteiger partial charge >= 0.3 is 0 Å². The SMILES string of the molecule is CCN1CCCC(C(C)NC(CN(C)C)C(C)C)C1. The smallest absolute Gasteiger partial charge is 0.0220 e. The van der Waals surface area contributed by atoms with Crippen molar-refractivity contribution in [1.82, 2.24) is 15.1 Å². The highest BCUT2D eigenvalue weighted by Crippen LogP contribution is 2.20. The van der Waals surface area contributed by atoms with E-state index in [0.717, 1.165) is 12.5 Å². The summed E-state index contributed by atoms with van der Waals surface area (Å²) in [6.45, 7) is 14.2. The standard InChI is InChI=1S/C16H35N3/c1-7-19-10-8-9-15(11-19)14(4)17-16(13(2)3)12-18(5)6/h13-17H,7-12H2,1-6H3. The van der Waals surface area contributed by atoms with Crippen LogP contribution in [-0.2, 0) is 0 Å². The van der Waals surface area contributed by atoms with Crippen molar-refractivity contribution in [3.63, 3.8) is 0 Å². The van der Waals surface area contributed by atoms with E-state index in [4.69, 9.17) is 0 Å². The molecule has 0 radical (unpaired) electrons. The Balaban J connectivity index is 2.48. The van der Waals surface area contributed by atoms with Crippen molar-refractivity contribution in [3.05, 3.63) is 0 Å². The first kappa shape index (κ1) is 16.9. The lowest BCUT2D eigenvalue weighted by Gasteiger charge is -2.38. The number of likely N-dealkylation sites (tertiary alicyclic amines) is 1. The third kappa shape index (κ3) is 5.80. The predicted molar refractivity (Wildman–Crippen MR) is 84.6 cm³/mol. The van der Waals surface area contributed by atoms with Crippen LogP contribution in [0.4, 0.5) is 0 Å². The quantitative estimate of drug-likeness (QED) is 0.765. The van der Waals surface area contributed by atoms with E-state index in [2.05, 4.69) is 56.9 Å². The first-order chi connectivity index (χ1) is 8.93. The van der Waals surface area contributed by atoms with Gasteiger partial charge in [0.2, 0.25) is 0 Å². The van der Waals surface area contributed by atoms with Gasteiger partial charge in [0.25, 0.3) is 0 Å². The molecule has 19 heavy (non-hydrogen) atoms. The summed E-state index contributed by atoms with van der Waals surface area (Å²) in [5, 5.41) is 3.89. The van der Waals surface area contributed by atoms with Gasteiger partial charge in [0, 0.05) is 25.2 Å². The Hall–Kier alpha value is -0.120. The van der Waals surface area contributed by atoms with Crippen molar-refractivity contribution < 1.29 is 0 Å². The fourth-order valence-electron chi connectivity index (χ4n) is 3.11. The van der Waals surface area contributed by atoms with Crippen molar-refractivity contribution in [2.24, 2.45) is 11.8 Å². The molecule has 1 N–H and O–H groups in total. The summed E-state index contributed by atoms with van der Waals surface area (Å²) in [4.78, 5) is 4.90. The average Bonchev–Trinajstić information content (AvgIpc) is 2.37. The average molecular weight is 269 g/mol. The maximum Gasteiger partial charge on any atom is 0.0220 e. The molecule has 0 aromatic rings. The molecular formula is C16H35N3. The molecule has 0 aromatic carbocycles. The normalized spacial score (nSPS) is 24.9. The molecule has 1 aliphatic heterocycles. The van der Waals surface area contributed by atoms with Crippen molar-refractivity contribution in [1.29, 1.82) is 0 Å². The summed E-state index contributed by atoms with van der Waals surface area (Å²) in [5.74, 6) is 1.51. The van der Waals surface area contributed by atoms with Gasteiger partial charge < -0.3 is 15.1 Å². The molecule has 114 valence electrons. The molecule has 1 aliphatic rings. The van der Waals surface area contributed by atoms with Crippen LogP contribution in [0.5, 0.6) is 0 Å². The summed E-state index contributed by atoms with van der Waals surface area (Å²) in [6.07, 6.45) is 2.75. The number of likely N-dealkylation sites (N-methyl/N-ethyl adjacent to an activating group) is 1. The van der Waals surface area contributed by atoms with E-state index >= 15 is 0 Å². The van der Waals surface area contributed by atoms with Crippen LogP contribution in [0.2, 0.25) is 0 Å². The molecule has 0 aliphatic carbocycles. The molecule has 0 aromatic heterocycles. The van der Waals surface area contributed by atoms with Crippen molar-refractivity contribution in [2.45, 2.75) is 52.6 Å². The Kier molecular flexibility index (Phi) is 7.33. The second-order valence-electron chi connectivity index (χ2n) is 6.86. The second-order valence-corrected chi connectivity index (χ2v) is 6.86. The minimum absolute atomic E-state index is 0.599. The molecule has 0 bridgehead atoms. The molecule has 3 heteroatoms. The lowest BCUT2D eigenvalue weighted by molar-refractivity contribution is 0.144. The number of hydrogen-bond acceptors (Lipinski definition) is 3. The highest BCUT2D eigenvalue weighted by atomic mass is 15.1. The molecule has 3 nitrogen and oxygen atoms in total. The molecule has 1 saturated heterocycles. The molecule has 0 amide bonds. The highest BCUT2D eigenvalue weighted by molar-refractivity contribution is 4.84. The Bertz CT molecular complexity index is 240. The molecule has 3 unspecified atom stereocenters. The Morgan fingerprint density at radius 3 is 2.47 bits per heavy atom. The molecule has 1 rings (SSSR count). The molecule has 1 heterocycles. The van der Waals surface area contributed by atoms with Crippen molar-refractivity contribution in [3.8, 4) is 0 Å². The summed E-state index contributed by atoms with van der Waals surface area (Å²) in [5.41, 5.74) is 0. The van der Waals surface area contributed by atoms with E-state index in [0.29, 0.717) is 18.0 Å². The van der Waals surface area contributed by atoms with E-state index in [-0.39, 0.29) is 0 Å². The van der Waals surface area contributed by atoms with Gasteiger partial charge in [0.05, 0.1) is 0 Å². The van der Waals surface area contributed by atoms with E-state index in [1.807, 2.05) is 0 Å². The Morgan fingerprint density at radius 1 is 1.26 bits per heavy atom. The van der Waals surface area contributed by atoms with Crippen LogP contribution < -0.4 is 5.32 Å². The van der Waals surface area contributed by atoms with E-state index in [1.54, 1.807) is 0 Å². The fourth-order valence-corrected chi connectivity index (χ4v) is 3.11. The first-order valence-electron chi connectivity index (χ1n) is 8.07. The van der Waals surface area contributed by atoms with E-state index in [9.17, 15) is 0 Å². The summed E-state index contributed by atoms with van der Waals surface area (Å²) in [7, 11) is 4.34.